The Labute approximate surface area is 128 Å². The molecule has 7 heteroatoms. The molecular formula is C14H17ClN4O2. The summed E-state index contributed by atoms with van der Waals surface area (Å²) < 4.78 is 7.02. The maximum Gasteiger partial charge on any atom is 0.274 e. The largest absolute Gasteiger partial charge is 0.492 e. The fraction of sp³-hybridized carbons (Fsp3) is 0.286. The minimum Gasteiger partial charge on any atom is -0.492 e. The molecule has 0 fully saturated rings. The van der Waals surface area contributed by atoms with E-state index in [9.17, 15) is 4.79 Å². The minimum atomic E-state index is -0.188. The summed E-state index contributed by atoms with van der Waals surface area (Å²) in [5.41, 5.74) is 6.49. The Kier molecular flexibility index (Phi) is 4.70. The number of nitrogen functional groups attached to an aromatic ring is 1. The van der Waals surface area contributed by atoms with Gasteiger partial charge < -0.3 is 15.4 Å². The molecule has 0 unspecified atom stereocenters. The van der Waals surface area contributed by atoms with E-state index in [1.165, 1.54) is 10.9 Å². The van der Waals surface area contributed by atoms with Crippen LogP contribution in [0.15, 0.2) is 30.5 Å². The van der Waals surface area contributed by atoms with Gasteiger partial charge >= 0.3 is 0 Å². The first-order chi connectivity index (χ1) is 9.99. The van der Waals surface area contributed by atoms with Gasteiger partial charge in [0, 0.05) is 19.1 Å². The molecule has 0 radical (unpaired) electrons. The van der Waals surface area contributed by atoms with Gasteiger partial charge in [-0.25, -0.2) is 0 Å². The highest BCUT2D eigenvalue weighted by Crippen LogP contribution is 2.16. The molecular weight excluding hydrogens is 292 g/mol. The van der Waals surface area contributed by atoms with Crippen molar-refractivity contribution >= 4 is 23.2 Å². The van der Waals surface area contributed by atoms with Crippen LogP contribution in [0.25, 0.3) is 0 Å². The zero-order valence-corrected chi connectivity index (χ0v) is 12.7. The lowest BCUT2D eigenvalue weighted by Gasteiger charge is -2.18. The summed E-state index contributed by atoms with van der Waals surface area (Å²) in [7, 11) is 3.38. The molecule has 2 N–H and O–H groups in total. The van der Waals surface area contributed by atoms with Crippen LogP contribution in [0.3, 0.4) is 0 Å². The number of halogens is 1. The van der Waals surface area contributed by atoms with Crippen molar-refractivity contribution in [2.24, 2.45) is 7.05 Å². The predicted molar refractivity (Wildman–Crippen MR) is 81.5 cm³/mol. The summed E-state index contributed by atoms with van der Waals surface area (Å²) in [5.74, 6) is 0.521. The van der Waals surface area contributed by atoms with E-state index in [2.05, 4.69) is 5.10 Å². The van der Waals surface area contributed by atoms with E-state index in [4.69, 9.17) is 22.1 Å². The van der Waals surface area contributed by atoms with E-state index in [-0.39, 0.29) is 5.91 Å². The van der Waals surface area contributed by atoms with Crippen LogP contribution in [-0.2, 0) is 7.05 Å². The van der Waals surface area contributed by atoms with Crippen molar-refractivity contribution < 1.29 is 9.53 Å². The van der Waals surface area contributed by atoms with Gasteiger partial charge in [-0.2, -0.15) is 5.10 Å². The molecule has 1 aromatic heterocycles. The second kappa shape index (κ2) is 6.49. The average molecular weight is 309 g/mol. The number of amides is 1. The second-order valence-corrected chi connectivity index (χ2v) is 5.04. The van der Waals surface area contributed by atoms with Crippen molar-refractivity contribution in [1.82, 2.24) is 14.7 Å². The number of rotatable bonds is 5. The van der Waals surface area contributed by atoms with Crippen LogP contribution in [0.5, 0.6) is 5.75 Å². The SMILES string of the molecule is CN(CCOc1ccc(Cl)cc1)C(=O)c1c(N)cnn1C. The lowest BCUT2D eigenvalue weighted by molar-refractivity contribution is 0.0764. The van der Waals surface area contributed by atoms with Crippen molar-refractivity contribution in [3.63, 3.8) is 0 Å². The molecule has 1 amide bonds. The number of anilines is 1. The first kappa shape index (κ1) is 15.2. The number of nitrogens with zero attached hydrogens (tertiary/aromatic N) is 3. The van der Waals surface area contributed by atoms with Gasteiger partial charge in [-0.05, 0) is 24.3 Å². The molecule has 21 heavy (non-hydrogen) atoms. The van der Waals surface area contributed by atoms with Crippen molar-refractivity contribution in [3.05, 3.63) is 41.2 Å². The van der Waals surface area contributed by atoms with E-state index in [1.807, 2.05) is 0 Å². The van der Waals surface area contributed by atoms with Crippen LogP contribution in [-0.4, -0.2) is 40.8 Å². The first-order valence-electron chi connectivity index (χ1n) is 6.40. The summed E-state index contributed by atoms with van der Waals surface area (Å²) in [6.07, 6.45) is 1.46. The molecule has 112 valence electrons. The Morgan fingerprint density at radius 1 is 1.43 bits per heavy atom. The summed E-state index contributed by atoms with van der Waals surface area (Å²) in [4.78, 5) is 13.8. The molecule has 0 saturated carbocycles. The molecule has 0 bridgehead atoms. The van der Waals surface area contributed by atoms with Crippen LogP contribution in [0, 0.1) is 0 Å². The van der Waals surface area contributed by atoms with E-state index >= 15 is 0 Å². The predicted octanol–water partition coefficient (Wildman–Crippen LogP) is 1.81. The van der Waals surface area contributed by atoms with Gasteiger partial charge in [0.25, 0.3) is 5.91 Å². The van der Waals surface area contributed by atoms with Crippen LogP contribution >= 0.6 is 11.6 Å². The molecule has 1 heterocycles. The summed E-state index contributed by atoms with van der Waals surface area (Å²) in [6, 6.07) is 7.07. The fourth-order valence-corrected chi connectivity index (χ4v) is 1.96. The first-order valence-corrected chi connectivity index (χ1v) is 6.78. The average Bonchev–Trinajstić information content (AvgIpc) is 2.79. The third-order valence-corrected chi connectivity index (χ3v) is 3.28. The van der Waals surface area contributed by atoms with Crippen LogP contribution in [0.2, 0.25) is 5.02 Å². The molecule has 0 saturated heterocycles. The summed E-state index contributed by atoms with van der Waals surface area (Å²) >= 11 is 5.80. The third-order valence-electron chi connectivity index (χ3n) is 3.03. The number of aryl methyl sites for hydroxylation is 1. The number of benzene rings is 1. The highest BCUT2D eigenvalue weighted by atomic mass is 35.5. The molecule has 2 aromatic rings. The molecule has 0 spiro atoms. The van der Waals surface area contributed by atoms with Gasteiger partial charge in [-0.15, -0.1) is 0 Å². The molecule has 0 aliphatic rings. The van der Waals surface area contributed by atoms with Crippen molar-refractivity contribution in [1.29, 1.82) is 0 Å². The maximum absolute atomic E-state index is 12.2. The lowest BCUT2D eigenvalue weighted by Crippen LogP contribution is -2.32. The highest BCUT2D eigenvalue weighted by Gasteiger charge is 2.18. The monoisotopic (exact) mass is 308 g/mol. The van der Waals surface area contributed by atoms with Gasteiger partial charge in [0.2, 0.25) is 0 Å². The van der Waals surface area contributed by atoms with Gasteiger partial charge in [-0.3, -0.25) is 9.48 Å². The fourth-order valence-electron chi connectivity index (χ4n) is 1.83. The van der Waals surface area contributed by atoms with E-state index < -0.39 is 0 Å². The second-order valence-electron chi connectivity index (χ2n) is 4.60. The van der Waals surface area contributed by atoms with E-state index in [0.717, 1.165) is 0 Å². The Bertz CT molecular complexity index is 605. The Balaban J connectivity index is 1.88. The number of aromatic nitrogens is 2. The standard InChI is InChI=1S/C14H17ClN4O2/c1-18(14(20)13-12(16)9-17-19(13)2)7-8-21-11-5-3-10(15)4-6-11/h3-6,9H,7-8,16H2,1-2H3. The van der Waals surface area contributed by atoms with Crippen LogP contribution in [0.1, 0.15) is 10.5 Å². The van der Waals surface area contributed by atoms with Crippen LogP contribution < -0.4 is 10.5 Å². The normalized spacial score (nSPS) is 10.4. The zero-order valence-electron chi connectivity index (χ0n) is 11.9. The maximum atomic E-state index is 12.2. The summed E-state index contributed by atoms with van der Waals surface area (Å²) in [5, 5.41) is 4.61. The smallest absolute Gasteiger partial charge is 0.274 e. The van der Waals surface area contributed by atoms with Crippen LogP contribution in [0.4, 0.5) is 5.69 Å². The topological polar surface area (TPSA) is 73.4 Å². The van der Waals surface area contributed by atoms with Crippen molar-refractivity contribution in [2.75, 3.05) is 25.9 Å². The Hall–Kier alpha value is -2.21. The van der Waals surface area contributed by atoms with Crippen molar-refractivity contribution in [3.8, 4) is 5.75 Å². The number of carbonyl (C=O) groups is 1. The van der Waals surface area contributed by atoms with Gasteiger partial charge in [0.05, 0.1) is 18.4 Å². The molecule has 0 aliphatic heterocycles. The Morgan fingerprint density at radius 2 is 2.10 bits per heavy atom. The van der Waals surface area contributed by atoms with Gasteiger partial charge in [0.15, 0.2) is 0 Å². The quantitative estimate of drug-likeness (QED) is 0.914. The molecule has 0 aliphatic carbocycles. The molecule has 2 rings (SSSR count). The third kappa shape index (κ3) is 3.66. The van der Waals surface area contributed by atoms with E-state index in [1.54, 1.807) is 43.3 Å². The molecule has 1 aromatic carbocycles. The van der Waals surface area contributed by atoms with E-state index in [0.29, 0.717) is 35.3 Å². The summed E-state index contributed by atoms with van der Waals surface area (Å²) in [6.45, 7) is 0.813. The number of nitrogens with two attached hydrogens (primary N) is 1. The van der Waals surface area contributed by atoms with Crippen molar-refractivity contribution in [2.45, 2.75) is 0 Å². The highest BCUT2D eigenvalue weighted by molar-refractivity contribution is 6.30. The molecule has 0 atom stereocenters. The van der Waals surface area contributed by atoms with Gasteiger partial charge in [0.1, 0.15) is 18.1 Å². The minimum absolute atomic E-state index is 0.188. The number of carbonyl (C=O) groups excluding carboxylic acids is 1. The number of hydrogen-bond acceptors (Lipinski definition) is 4. The lowest BCUT2D eigenvalue weighted by atomic mass is 10.3. The number of likely N-dealkylation sites (N-methyl/N-ethyl adjacent to an activating group) is 1. The number of ether oxygens (including phenoxy) is 1. The van der Waals surface area contributed by atoms with Gasteiger partial charge in [-0.1, -0.05) is 11.6 Å². The number of hydrogen-bond donors (Lipinski definition) is 1. The zero-order chi connectivity index (χ0) is 15.4. The Morgan fingerprint density at radius 3 is 2.67 bits per heavy atom. The molecule has 6 nitrogen and oxygen atoms in total.